The van der Waals surface area contributed by atoms with Gasteiger partial charge in [-0.2, -0.15) is 0 Å². The zero-order valence-electron chi connectivity index (χ0n) is 13.2. The molecular formula is C16H31NO2. The molecule has 0 aromatic heterocycles. The fraction of sp³-hybridized carbons (Fsp3) is 0.875. The minimum absolute atomic E-state index is 0.0482. The Morgan fingerprint density at radius 2 is 1.89 bits per heavy atom. The summed E-state index contributed by atoms with van der Waals surface area (Å²) < 4.78 is 5.10. The molecule has 0 saturated carbocycles. The van der Waals surface area contributed by atoms with Gasteiger partial charge in [-0.15, -0.1) is 0 Å². The summed E-state index contributed by atoms with van der Waals surface area (Å²) in [4.78, 5) is 15.9. The Labute approximate surface area is 118 Å². The Morgan fingerprint density at radius 1 is 1.16 bits per heavy atom. The number of unbranched alkanes of at least 4 members (excludes halogenated alkanes) is 3. The molecule has 19 heavy (non-hydrogen) atoms. The van der Waals surface area contributed by atoms with E-state index in [9.17, 15) is 4.79 Å². The first-order valence-corrected chi connectivity index (χ1v) is 7.71. The monoisotopic (exact) mass is 269 g/mol. The summed E-state index contributed by atoms with van der Waals surface area (Å²) in [6, 6.07) is 0. The van der Waals surface area contributed by atoms with Crippen molar-refractivity contribution in [2.45, 2.75) is 72.6 Å². The molecule has 0 bridgehead atoms. The lowest BCUT2D eigenvalue weighted by molar-refractivity contribution is -0.143. The van der Waals surface area contributed by atoms with Gasteiger partial charge in [-0.1, -0.05) is 33.6 Å². The van der Waals surface area contributed by atoms with Gasteiger partial charge >= 0.3 is 5.97 Å². The Bertz CT molecular complexity index is 259. The zero-order chi connectivity index (χ0) is 14.5. The van der Waals surface area contributed by atoms with E-state index in [1.54, 1.807) is 0 Å². The third kappa shape index (κ3) is 13.4. The van der Waals surface area contributed by atoms with E-state index < -0.39 is 0 Å². The van der Waals surface area contributed by atoms with Gasteiger partial charge in [-0.3, -0.25) is 9.79 Å². The van der Waals surface area contributed by atoms with Crippen LogP contribution in [0.15, 0.2) is 4.99 Å². The van der Waals surface area contributed by atoms with Crippen LogP contribution in [0.2, 0.25) is 0 Å². The highest BCUT2D eigenvalue weighted by atomic mass is 16.5. The molecule has 0 atom stereocenters. The van der Waals surface area contributed by atoms with Crippen molar-refractivity contribution < 1.29 is 9.53 Å². The lowest BCUT2D eigenvalue weighted by Gasteiger charge is -2.05. The number of nitrogens with zero attached hydrogens (tertiary/aromatic N) is 1. The van der Waals surface area contributed by atoms with E-state index in [0.717, 1.165) is 45.1 Å². The summed E-state index contributed by atoms with van der Waals surface area (Å²) in [6.07, 6.45) is 6.72. The number of ether oxygens (including phenoxy) is 1. The van der Waals surface area contributed by atoms with Gasteiger partial charge in [0.05, 0.1) is 6.61 Å². The maximum atomic E-state index is 11.3. The van der Waals surface area contributed by atoms with E-state index in [2.05, 4.69) is 32.7 Å². The molecule has 3 heteroatoms. The van der Waals surface area contributed by atoms with Crippen LogP contribution < -0.4 is 0 Å². The number of carbonyl (C=O) groups excluding carboxylic acids is 1. The second-order valence-corrected chi connectivity index (χ2v) is 5.60. The Morgan fingerprint density at radius 3 is 2.53 bits per heavy atom. The summed E-state index contributed by atoms with van der Waals surface area (Å²) in [6.45, 7) is 10.1. The molecule has 0 aromatic rings. The quantitative estimate of drug-likeness (QED) is 0.317. The Hall–Kier alpha value is -0.860. The van der Waals surface area contributed by atoms with Crippen LogP contribution in [-0.4, -0.2) is 24.8 Å². The highest BCUT2D eigenvalue weighted by molar-refractivity contribution is 5.82. The summed E-state index contributed by atoms with van der Waals surface area (Å²) >= 11 is 0. The van der Waals surface area contributed by atoms with Crippen LogP contribution in [0.3, 0.4) is 0 Å². The molecule has 0 fully saturated rings. The molecule has 0 radical (unpaired) electrons. The van der Waals surface area contributed by atoms with Gasteiger partial charge in [-0.25, -0.2) is 0 Å². The molecule has 0 saturated heterocycles. The number of hydrogen-bond acceptors (Lipinski definition) is 3. The average molecular weight is 269 g/mol. The third-order valence-corrected chi connectivity index (χ3v) is 2.89. The van der Waals surface area contributed by atoms with Crippen molar-refractivity contribution in [3.63, 3.8) is 0 Å². The highest BCUT2D eigenvalue weighted by Gasteiger charge is 2.01. The van der Waals surface area contributed by atoms with Gasteiger partial charge in [0.2, 0.25) is 0 Å². The molecule has 0 rings (SSSR count). The molecule has 0 N–H and O–H groups in total. The van der Waals surface area contributed by atoms with Crippen molar-refractivity contribution in [1.82, 2.24) is 0 Å². The van der Waals surface area contributed by atoms with Crippen molar-refractivity contribution >= 4 is 11.7 Å². The van der Waals surface area contributed by atoms with Crippen LogP contribution >= 0.6 is 0 Å². The van der Waals surface area contributed by atoms with Crippen LogP contribution in [0.1, 0.15) is 72.6 Å². The summed E-state index contributed by atoms with van der Waals surface area (Å²) in [7, 11) is 0. The number of rotatable bonds is 11. The zero-order valence-corrected chi connectivity index (χ0v) is 13.2. The van der Waals surface area contributed by atoms with Gasteiger partial charge < -0.3 is 4.74 Å². The van der Waals surface area contributed by atoms with Crippen molar-refractivity contribution in [2.24, 2.45) is 10.9 Å². The first kappa shape index (κ1) is 18.1. The normalized spacial score (nSPS) is 11.9. The van der Waals surface area contributed by atoms with Gasteiger partial charge in [0, 0.05) is 18.7 Å². The van der Waals surface area contributed by atoms with Gasteiger partial charge in [0.15, 0.2) is 0 Å². The first-order chi connectivity index (χ1) is 9.06. The summed E-state index contributed by atoms with van der Waals surface area (Å²) in [5.74, 6) is 0.634. The van der Waals surface area contributed by atoms with E-state index in [1.165, 1.54) is 5.71 Å². The fourth-order valence-electron chi connectivity index (χ4n) is 1.89. The highest BCUT2D eigenvalue weighted by Crippen LogP contribution is 2.05. The fourth-order valence-corrected chi connectivity index (χ4v) is 1.89. The van der Waals surface area contributed by atoms with Gasteiger partial charge in [0.1, 0.15) is 0 Å². The second kappa shape index (κ2) is 12.2. The molecule has 0 spiro atoms. The van der Waals surface area contributed by atoms with E-state index in [1.807, 2.05) is 0 Å². The molecule has 0 aliphatic carbocycles. The molecule has 0 heterocycles. The first-order valence-electron chi connectivity index (χ1n) is 7.71. The molecular weight excluding hydrogens is 238 g/mol. The van der Waals surface area contributed by atoms with E-state index in [-0.39, 0.29) is 5.97 Å². The molecule has 0 aliphatic rings. The maximum Gasteiger partial charge on any atom is 0.305 e. The third-order valence-electron chi connectivity index (χ3n) is 2.89. The van der Waals surface area contributed by atoms with Crippen LogP contribution in [0.25, 0.3) is 0 Å². The van der Waals surface area contributed by atoms with Crippen LogP contribution in [0, 0.1) is 5.92 Å². The van der Waals surface area contributed by atoms with Crippen LogP contribution in [-0.2, 0) is 9.53 Å². The Kier molecular flexibility index (Phi) is 11.6. The van der Waals surface area contributed by atoms with Gasteiger partial charge in [-0.05, 0) is 38.5 Å². The van der Waals surface area contributed by atoms with Crippen molar-refractivity contribution in [1.29, 1.82) is 0 Å². The topological polar surface area (TPSA) is 38.7 Å². The molecule has 0 amide bonds. The maximum absolute atomic E-state index is 11.3. The Balaban J connectivity index is 3.42. The van der Waals surface area contributed by atoms with E-state index in [0.29, 0.717) is 18.9 Å². The minimum Gasteiger partial charge on any atom is -0.466 e. The van der Waals surface area contributed by atoms with Crippen molar-refractivity contribution in [2.75, 3.05) is 13.2 Å². The number of hydrogen-bond donors (Lipinski definition) is 0. The lowest BCUT2D eigenvalue weighted by atomic mass is 10.1. The predicted octanol–water partition coefficient (Wildman–Crippen LogP) is 4.40. The average Bonchev–Trinajstić information content (AvgIpc) is 2.33. The smallest absolute Gasteiger partial charge is 0.305 e. The molecule has 0 aromatic carbocycles. The van der Waals surface area contributed by atoms with E-state index in [4.69, 9.17) is 4.74 Å². The van der Waals surface area contributed by atoms with Crippen molar-refractivity contribution in [3.05, 3.63) is 0 Å². The standard InChI is InChI=1S/C16H31NO2/c1-5-6-12-19-16(18)10-8-7-9-11-17-15(4)13-14(2)3/h14H,5-13H2,1-4H3/b17-15+. The largest absolute Gasteiger partial charge is 0.466 e. The second-order valence-electron chi connectivity index (χ2n) is 5.60. The number of esters is 1. The molecule has 3 nitrogen and oxygen atoms in total. The van der Waals surface area contributed by atoms with Crippen LogP contribution in [0.4, 0.5) is 0 Å². The molecule has 0 aliphatic heterocycles. The van der Waals surface area contributed by atoms with Crippen LogP contribution in [0.5, 0.6) is 0 Å². The predicted molar refractivity (Wildman–Crippen MR) is 81.8 cm³/mol. The SMILES string of the molecule is CCCCOC(=O)CCCCC/N=C(\C)CC(C)C. The van der Waals surface area contributed by atoms with E-state index >= 15 is 0 Å². The van der Waals surface area contributed by atoms with Crippen molar-refractivity contribution in [3.8, 4) is 0 Å². The summed E-state index contributed by atoms with van der Waals surface area (Å²) in [5.41, 5.74) is 1.24. The minimum atomic E-state index is -0.0482. The lowest BCUT2D eigenvalue weighted by Crippen LogP contribution is -2.05. The van der Waals surface area contributed by atoms with Gasteiger partial charge in [0.25, 0.3) is 0 Å². The number of aliphatic imine (C=N–C) groups is 1. The molecule has 0 unspecified atom stereocenters. The summed E-state index contributed by atoms with van der Waals surface area (Å²) in [5, 5.41) is 0. The number of carbonyl (C=O) groups is 1. The molecule has 112 valence electrons.